The zero-order valence-corrected chi connectivity index (χ0v) is 15.7. The van der Waals surface area contributed by atoms with Gasteiger partial charge < -0.3 is 10.0 Å². The van der Waals surface area contributed by atoms with Gasteiger partial charge in [-0.2, -0.15) is 5.10 Å². The van der Waals surface area contributed by atoms with Crippen LogP contribution in [0.1, 0.15) is 42.1 Å². The molecule has 0 unspecified atom stereocenters. The van der Waals surface area contributed by atoms with E-state index in [0.717, 1.165) is 11.6 Å². The van der Waals surface area contributed by atoms with Crippen LogP contribution in [0.5, 0.6) is 0 Å². The van der Waals surface area contributed by atoms with Crippen molar-refractivity contribution >= 4 is 17.6 Å². The van der Waals surface area contributed by atoms with Crippen molar-refractivity contribution in [1.29, 1.82) is 0 Å². The van der Waals surface area contributed by atoms with Gasteiger partial charge in [0.1, 0.15) is 6.54 Å². The lowest BCUT2D eigenvalue weighted by molar-refractivity contribution is -0.135. The van der Waals surface area contributed by atoms with Crippen LogP contribution in [0.3, 0.4) is 0 Å². The SMILES string of the molecule is CCC1=C(CCc2cccc(F)c2F)N(CC(=O)O)c2nn(C)cc2C(=O)C1. The van der Waals surface area contributed by atoms with Crippen LogP contribution < -0.4 is 4.90 Å². The molecule has 1 N–H and O–H groups in total. The van der Waals surface area contributed by atoms with Crippen LogP contribution in [0.15, 0.2) is 35.7 Å². The summed E-state index contributed by atoms with van der Waals surface area (Å²) in [6, 6.07) is 3.99. The summed E-state index contributed by atoms with van der Waals surface area (Å²) in [5.41, 5.74) is 1.97. The molecule has 1 aliphatic heterocycles. The second-order valence-electron chi connectivity index (χ2n) is 6.74. The van der Waals surface area contributed by atoms with E-state index in [1.807, 2.05) is 6.92 Å². The average molecular weight is 389 g/mol. The third-order valence-electron chi connectivity index (χ3n) is 4.86. The Labute approximate surface area is 161 Å². The lowest BCUT2D eigenvalue weighted by atomic mass is 9.99. The number of halogens is 2. The molecule has 2 aromatic rings. The molecule has 1 aliphatic rings. The van der Waals surface area contributed by atoms with E-state index in [2.05, 4.69) is 5.10 Å². The van der Waals surface area contributed by atoms with E-state index in [1.165, 1.54) is 21.7 Å². The number of carboxylic acids is 1. The maximum Gasteiger partial charge on any atom is 0.323 e. The van der Waals surface area contributed by atoms with Crippen molar-refractivity contribution in [3.05, 3.63) is 58.4 Å². The van der Waals surface area contributed by atoms with E-state index in [0.29, 0.717) is 17.7 Å². The molecule has 6 nitrogen and oxygen atoms in total. The van der Waals surface area contributed by atoms with E-state index < -0.39 is 17.6 Å². The molecule has 1 aromatic heterocycles. The van der Waals surface area contributed by atoms with Crippen LogP contribution in [0, 0.1) is 11.6 Å². The number of aliphatic carboxylic acids is 1. The number of allylic oxidation sites excluding steroid dienone is 2. The first-order chi connectivity index (χ1) is 13.3. The maximum absolute atomic E-state index is 14.1. The highest BCUT2D eigenvalue weighted by Gasteiger charge is 2.30. The lowest BCUT2D eigenvalue weighted by Gasteiger charge is -2.25. The molecule has 0 bridgehead atoms. The Morgan fingerprint density at radius 2 is 2.04 bits per heavy atom. The minimum atomic E-state index is -1.07. The fraction of sp³-hybridized carbons (Fsp3) is 0.350. The third-order valence-corrected chi connectivity index (χ3v) is 4.86. The van der Waals surface area contributed by atoms with Gasteiger partial charge in [-0.15, -0.1) is 0 Å². The molecule has 3 rings (SSSR count). The van der Waals surface area contributed by atoms with Gasteiger partial charge in [0.05, 0.1) is 5.56 Å². The van der Waals surface area contributed by atoms with Crippen molar-refractivity contribution in [3.63, 3.8) is 0 Å². The predicted molar refractivity (Wildman–Crippen MR) is 99.1 cm³/mol. The number of carboxylic acid groups (broad SMARTS) is 1. The number of carbonyl (C=O) groups excluding carboxylic acids is 1. The van der Waals surface area contributed by atoms with E-state index in [1.54, 1.807) is 13.2 Å². The molecule has 8 heteroatoms. The summed E-state index contributed by atoms with van der Waals surface area (Å²) >= 11 is 0. The molecule has 0 amide bonds. The second-order valence-corrected chi connectivity index (χ2v) is 6.74. The van der Waals surface area contributed by atoms with E-state index in [4.69, 9.17) is 0 Å². The molecule has 148 valence electrons. The fourth-order valence-corrected chi connectivity index (χ4v) is 3.52. The van der Waals surface area contributed by atoms with Gasteiger partial charge in [0.2, 0.25) is 0 Å². The Morgan fingerprint density at radius 3 is 2.71 bits per heavy atom. The summed E-state index contributed by atoms with van der Waals surface area (Å²) in [5.74, 6) is -2.76. The first-order valence-electron chi connectivity index (χ1n) is 9.01. The number of ketones is 1. The lowest BCUT2D eigenvalue weighted by Crippen LogP contribution is -2.31. The number of carbonyl (C=O) groups is 2. The fourth-order valence-electron chi connectivity index (χ4n) is 3.52. The Hall–Kier alpha value is -3.03. The smallest absolute Gasteiger partial charge is 0.323 e. The van der Waals surface area contributed by atoms with Crippen molar-refractivity contribution in [2.24, 2.45) is 7.05 Å². The summed E-state index contributed by atoms with van der Waals surface area (Å²) < 4.78 is 29.0. The molecule has 0 fully saturated rings. The largest absolute Gasteiger partial charge is 0.480 e. The van der Waals surface area contributed by atoms with Crippen molar-refractivity contribution in [2.45, 2.75) is 32.6 Å². The minimum absolute atomic E-state index is 0.137. The topological polar surface area (TPSA) is 75.4 Å². The summed E-state index contributed by atoms with van der Waals surface area (Å²) in [4.78, 5) is 25.7. The van der Waals surface area contributed by atoms with Gasteiger partial charge in [0, 0.05) is 25.4 Å². The summed E-state index contributed by atoms with van der Waals surface area (Å²) in [6.07, 6.45) is 2.70. The highest BCUT2D eigenvalue weighted by Crippen LogP contribution is 2.34. The molecule has 0 spiro atoms. The number of fused-ring (bicyclic) bond motifs is 1. The van der Waals surface area contributed by atoms with Crippen LogP contribution in [0.2, 0.25) is 0 Å². The zero-order chi connectivity index (χ0) is 20.4. The normalized spacial score (nSPS) is 14.3. The molecule has 2 heterocycles. The number of Topliss-reactive ketones (excluding diaryl/α,β-unsaturated/α-hetero) is 1. The first-order valence-corrected chi connectivity index (χ1v) is 9.01. The van der Waals surface area contributed by atoms with Gasteiger partial charge in [-0.3, -0.25) is 14.3 Å². The molecule has 0 saturated heterocycles. The van der Waals surface area contributed by atoms with E-state index in [-0.39, 0.29) is 43.0 Å². The Morgan fingerprint density at radius 1 is 1.29 bits per heavy atom. The van der Waals surface area contributed by atoms with Crippen LogP contribution in [0.4, 0.5) is 14.6 Å². The molecule has 0 saturated carbocycles. The first kappa shape index (κ1) is 19.7. The highest BCUT2D eigenvalue weighted by molar-refractivity contribution is 6.03. The van der Waals surface area contributed by atoms with Crippen LogP contribution >= 0.6 is 0 Å². The average Bonchev–Trinajstić information content (AvgIpc) is 3.00. The van der Waals surface area contributed by atoms with Gasteiger partial charge >= 0.3 is 5.97 Å². The number of benzene rings is 1. The molecule has 0 radical (unpaired) electrons. The molecular formula is C20H21F2N3O3. The highest BCUT2D eigenvalue weighted by atomic mass is 19.2. The van der Waals surface area contributed by atoms with Crippen LogP contribution in [-0.2, 0) is 18.3 Å². The van der Waals surface area contributed by atoms with Gasteiger partial charge in [0.25, 0.3) is 0 Å². The number of hydrogen-bond acceptors (Lipinski definition) is 4. The Balaban J connectivity index is 2.03. The van der Waals surface area contributed by atoms with Gasteiger partial charge in [-0.05, 0) is 36.5 Å². The van der Waals surface area contributed by atoms with Crippen molar-refractivity contribution < 1.29 is 23.5 Å². The second kappa shape index (κ2) is 7.92. The third kappa shape index (κ3) is 3.81. The summed E-state index contributed by atoms with van der Waals surface area (Å²) in [6.45, 7) is 1.51. The molecule has 0 aliphatic carbocycles. The quantitative estimate of drug-likeness (QED) is 0.819. The van der Waals surface area contributed by atoms with Crippen LogP contribution in [-0.4, -0.2) is 33.2 Å². The molecule has 0 atom stereocenters. The van der Waals surface area contributed by atoms with Crippen molar-refractivity contribution in [2.75, 3.05) is 11.4 Å². The van der Waals surface area contributed by atoms with Gasteiger partial charge in [-0.25, -0.2) is 8.78 Å². The van der Waals surface area contributed by atoms with Crippen molar-refractivity contribution in [3.8, 4) is 0 Å². The van der Waals surface area contributed by atoms with E-state index >= 15 is 0 Å². The number of rotatable bonds is 6. The van der Waals surface area contributed by atoms with Gasteiger partial charge in [0.15, 0.2) is 23.2 Å². The number of nitrogens with zero attached hydrogens (tertiary/aromatic N) is 3. The number of anilines is 1. The van der Waals surface area contributed by atoms with Crippen LogP contribution in [0.25, 0.3) is 0 Å². The monoisotopic (exact) mass is 389 g/mol. The predicted octanol–water partition coefficient (Wildman–Crippen LogP) is 3.47. The molecule has 28 heavy (non-hydrogen) atoms. The van der Waals surface area contributed by atoms with Gasteiger partial charge in [-0.1, -0.05) is 19.1 Å². The summed E-state index contributed by atoms with van der Waals surface area (Å²) in [7, 11) is 1.66. The Kier molecular flexibility index (Phi) is 5.58. The zero-order valence-electron chi connectivity index (χ0n) is 15.7. The number of aryl methyl sites for hydroxylation is 2. The van der Waals surface area contributed by atoms with E-state index in [9.17, 15) is 23.5 Å². The number of aromatic nitrogens is 2. The minimum Gasteiger partial charge on any atom is -0.480 e. The Bertz CT molecular complexity index is 966. The number of hydrogen-bond donors (Lipinski definition) is 1. The standard InChI is InChI=1S/C20H21F2N3O3/c1-3-12-9-17(26)14-10-24(2)23-20(14)25(11-18(27)28)16(12)8-7-13-5-4-6-15(21)19(13)22/h4-6,10H,3,7-9,11H2,1-2H3,(H,27,28). The molecule has 1 aromatic carbocycles. The maximum atomic E-state index is 14.1. The van der Waals surface area contributed by atoms with Crippen molar-refractivity contribution in [1.82, 2.24) is 9.78 Å². The summed E-state index contributed by atoms with van der Waals surface area (Å²) in [5, 5.41) is 13.7. The molecular weight excluding hydrogens is 368 g/mol.